The molecule has 0 amide bonds. The second-order valence-electron chi connectivity index (χ2n) is 7.05. The smallest absolute Gasteiger partial charge is 0.323 e. The Bertz CT molecular complexity index is 884. The number of ether oxygens (including phenoxy) is 1. The van der Waals surface area contributed by atoms with Crippen LogP contribution in [0.3, 0.4) is 0 Å². The number of fused-ring (bicyclic) bond motifs is 2. The van der Waals surface area contributed by atoms with Gasteiger partial charge in [0, 0.05) is 49.4 Å². The van der Waals surface area contributed by atoms with Crippen LogP contribution >= 0.6 is 11.6 Å². The summed E-state index contributed by atoms with van der Waals surface area (Å²) in [6.07, 6.45) is 6.22. The molecular weight excluding hydrogens is 404 g/mol. The molecule has 1 unspecified atom stereocenters. The average Bonchev–Trinajstić information content (AvgIpc) is 3.26. The summed E-state index contributed by atoms with van der Waals surface area (Å²) in [4.78, 5) is 38.0. The summed E-state index contributed by atoms with van der Waals surface area (Å²) in [5.74, 6) is -0.224. The quantitative estimate of drug-likeness (QED) is 0.512. The van der Waals surface area contributed by atoms with Crippen molar-refractivity contribution in [1.82, 2.24) is 4.90 Å². The summed E-state index contributed by atoms with van der Waals surface area (Å²) in [6, 6.07) is 9.78. The number of allylic oxidation sites excluding steroid dienone is 6. The minimum Gasteiger partial charge on any atom is -0.465 e. The van der Waals surface area contributed by atoms with E-state index in [1.54, 1.807) is 25.2 Å². The van der Waals surface area contributed by atoms with Crippen molar-refractivity contribution in [3.63, 3.8) is 0 Å². The average molecular weight is 429 g/mol. The highest BCUT2D eigenvalue weighted by atomic mass is 35.5. The highest BCUT2D eigenvalue weighted by Gasteiger charge is 2.30. The van der Waals surface area contributed by atoms with Crippen molar-refractivity contribution in [1.29, 1.82) is 0 Å². The van der Waals surface area contributed by atoms with E-state index in [-0.39, 0.29) is 18.2 Å². The number of Topliss-reactive ketones (excluding diaryl/α,β-unsaturated/α-hetero) is 1. The number of esters is 1. The molecule has 0 radical (unpaired) electrons. The van der Waals surface area contributed by atoms with Crippen molar-refractivity contribution in [2.45, 2.75) is 19.4 Å². The van der Waals surface area contributed by atoms with Crippen molar-refractivity contribution in [3.8, 4) is 0 Å². The van der Waals surface area contributed by atoms with Crippen LogP contribution in [-0.2, 0) is 19.1 Å². The Morgan fingerprint density at radius 1 is 1.17 bits per heavy atom. The van der Waals surface area contributed by atoms with E-state index in [0.29, 0.717) is 17.2 Å². The molecule has 158 valence electrons. The molecule has 1 atom stereocenters. The lowest BCUT2D eigenvalue weighted by Crippen LogP contribution is -2.53. The van der Waals surface area contributed by atoms with Crippen LogP contribution in [0.15, 0.2) is 64.7 Å². The van der Waals surface area contributed by atoms with Crippen molar-refractivity contribution in [2.24, 2.45) is 0 Å². The summed E-state index contributed by atoms with van der Waals surface area (Å²) < 4.78 is 5.07. The number of nitrogens with zero attached hydrogens (tertiary/aromatic N) is 2. The molecule has 1 aromatic carbocycles. The van der Waals surface area contributed by atoms with Crippen LogP contribution in [0.5, 0.6) is 0 Å². The third-order valence-electron chi connectivity index (χ3n) is 5.23. The number of rotatable bonds is 6. The molecule has 6 nitrogen and oxygen atoms in total. The first-order chi connectivity index (χ1) is 14.5. The van der Waals surface area contributed by atoms with Crippen LogP contribution < -0.4 is 4.90 Å². The minimum absolute atomic E-state index is 0.0694. The number of anilines is 1. The van der Waals surface area contributed by atoms with Gasteiger partial charge in [0.15, 0.2) is 5.78 Å². The van der Waals surface area contributed by atoms with E-state index in [4.69, 9.17) is 16.3 Å². The normalized spacial score (nSPS) is 18.7. The van der Waals surface area contributed by atoms with Crippen LogP contribution in [0.2, 0.25) is 0 Å². The van der Waals surface area contributed by atoms with E-state index < -0.39 is 6.04 Å². The number of piperazine rings is 1. The Balaban J connectivity index is 0.000000234. The summed E-state index contributed by atoms with van der Waals surface area (Å²) in [6.45, 7) is 5.33. The topological polar surface area (TPSA) is 66.9 Å². The number of halogens is 1. The molecule has 1 aliphatic heterocycles. The fourth-order valence-electron chi connectivity index (χ4n) is 3.65. The van der Waals surface area contributed by atoms with Crippen molar-refractivity contribution >= 4 is 35.3 Å². The fourth-order valence-corrected chi connectivity index (χ4v) is 3.92. The van der Waals surface area contributed by atoms with Gasteiger partial charge < -0.3 is 14.4 Å². The lowest BCUT2D eigenvalue weighted by molar-refractivity contribution is -0.150. The van der Waals surface area contributed by atoms with E-state index in [0.717, 1.165) is 38.0 Å². The second-order valence-corrected chi connectivity index (χ2v) is 7.46. The standard InChI is InChI=1S/C16H22N2O3.C7H3ClO/c1-2-21-16(20)15(8-13-19)18-11-9-17(10-12-18)14-6-4-3-5-7-14;8-6-3-4-1-2-5(6)7(4)9/h3-7,13,15H,2,8-12H2,1H3;1-3H. The van der Waals surface area contributed by atoms with Crippen LogP contribution in [-0.4, -0.2) is 61.8 Å². The highest BCUT2D eigenvalue weighted by molar-refractivity contribution is 6.38. The number of aldehydes is 1. The third kappa shape index (κ3) is 5.07. The first-order valence-corrected chi connectivity index (χ1v) is 10.4. The molecule has 1 fully saturated rings. The van der Waals surface area contributed by atoms with Gasteiger partial charge in [-0.2, -0.15) is 0 Å². The maximum absolute atomic E-state index is 11.9. The van der Waals surface area contributed by atoms with Crippen molar-refractivity contribution in [2.75, 3.05) is 37.7 Å². The van der Waals surface area contributed by atoms with Gasteiger partial charge in [-0.15, -0.1) is 0 Å². The SMILES string of the molecule is CCOC(=O)C(CC=O)N1CCN(c2ccccc2)CC1.O=C1C2=CC(Cl)=C1C=C2. The van der Waals surface area contributed by atoms with Crippen molar-refractivity contribution in [3.05, 3.63) is 64.7 Å². The van der Waals surface area contributed by atoms with Gasteiger partial charge in [0.25, 0.3) is 0 Å². The molecule has 1 aromatic rings. The van der Waals surface area contributed by atoms with Crippen LogP contribution in [0.4, 0.5) is 5.69 Å². The summed E-state index contributed by atoms with van der Waals surface area (Å²) in [7, 11) is 0. The molecule has 4 rings (SSSR count). The van der Waals surface area contributed by atoms with E-state index >= 15 is 0 Å². The van der Waals surface area contributed by atoms with Crippen molar-refractivity contribution < 1.29 is 19.1 Å². The van der Waals surface area contributed by atoms with Gasteiger partial charge in [-0.05, 0) is 31.2 Å². The Kier molecular flexibility index (Phi) is 7.60. The Labute approximate surface area is 181 Å². The van der Waals surface area contributed by atoms with Crippen LogP contribution in [0.1, 0.15) is 13.3 Å². The van der Waals surface area contributed by atoms with Gasteiger partial charge in [-0.3, -0.25) is 14.5 Å². The number of para-hydroxylation sites is 1. The number of carbonyl (C=O) groups excluding carboxylic acids is 3. The van der Waals surface area contributed by atoms with Gasteiger partial charge in [-0.1, -0.05) is 35.9 Å². The molecule has 0 spiro atoms. The summed E-state index contributed by atoms with van der Waals surface area (Å²) in [5.41, 5.74) is 2.56. The Hall–Kier alpha value is -2.70. The zero-order chi connectivity index (χ0) is 21.5. The van der Waals surface area contributed by atoms with Gasteiger partial charge in [0.2, 0.25) is 0 Å². The molecule has 30 heavy (non-hydrogen) atoms. The summed E-state index contributed by atoms with van der Waals surface area (Å²) >= 11 is 5.63. The maximum Gasteiger partial charge on any atom is 0.323 e. The van der Waals surface area contributed by atoms with E-state index in [1.165, 1.54) is 5.69 Å². The van der Waals surface area contributed by atoms with E-state index in [1.807, 2.05) is 23.1 Å². The van der Waals surface area contributed by atoms with E-state index in [9.17, 15) is 14.4 Å². The van der Waals surface area contributed by atoms with Gasteiger partial charge in [0.1, 0.15) is 12.3 Å². The number of ketones is 1. The first kappa shape index (κ1) is 22.0. The van der Waals surface area contributed by atoms with Crippen LogP contribution in [0, 0.1) is 0 Å². The molecule has 2 aliphatic carbocycles. The Morgan fingerprint density at radius 2 is 1.87 bits per heavy atom. The lowest BCUT2D eigenvalue weighted by atomic mass is 10.1. The lowest BCUT2D eigenvalue weighted by Gasteiger charge is -2.38. The Morgan fingerprint density at radius 3 is 2.33 bits per heavy atom. The molecule has 0 N–H and O–H groups in total. The first-order valence-electron chi connectivity index (χ1n) is 10.0. The molecule has 1 heterocycles. The second kappa shape index (κ2) is 10.4. The molecule has 0 aromatic heterocycles. The zero-order valence-electron chi connectivity index (χ0n) is 16.9. The third-order valence-corrected chi connectivity index (χ3v) is 5.54. The largest absolute Gasteiger partial charge is 0.465 e. The van der Waals surface area contributed by atoms with Gasteiger partial charge >= 0.3 is 5.97 Å². The molecule has 7 heteroatoms. The van der Waals surface area contributed by atoms with Gasteiger partial charge in [0.05, 0.1) is 11.6 Å². The van der Waals surface area contributed by atoms with E-state index in [2.05, 4.69) is 17.0 Å². The number of carbonyl (C=O) groups is 3. The number of hydrogen-bond acceptors (Lipinski definition) is 6. The van der Waals surface area contributed by atoms with Crippen LogP contribution in [0.25, 0.3) is 0 Å². The number of hydrogen-bond donors (Lipinski definition) is 0. The fraction of sp³-hybridized carbons (Fsp3) is 0.348. The predicted molar refractivity (Wildman–Crippen MR) is 116 cm³/mol. The predicted octanol–water partition coefficient (Wildman–Crippen LogP) is 2.89. The zero-order valence-corrected chi connectivity index (χ0v) is 17.7. The monoisotopic (exact) mass is 428 g/mol. The highest BCUT2D eigenvalue weighted by Crippen LogP contribution is 2.31. The maximum atomic E-state index is 11.9. The molecule has 0 saturated carbocycles. The van der Waals surface area contributed by atoms with Gasteiger partial charge in [-0.25, -0.2) is 0 Å². The molecule has 3 aliphatic rings. The number of benzene rings is 1. The molecular formula is C23H25ClN2O4. The summed E-state index contributed by atoms with van der Waals surface area (Å²) in [5, 5.41) is 0.581. The minimum atomic E-state index is -0.444. The molecule has 2 bridgehead atoms. The molecule has 1 saturated heterocycles.